The highest BCUT2D eigenvalue weighted by Gasteiger charge is 2.42. The van der Waals surface area contributed by atoms with E-state index in [1.54, 1.807) is 24.4 Å². The van der Waals surface area contributed by atoms with Crippen LogP contribution in [0.15, 0.2) is 17.5 Å². The summed E-state index contributed by atoms with van der Waals surface area (Å²) in [5.74, 6) is -0.384. The van der Waals surface area contributed by atoms with Gasteiger partial charge in [-0.1, -0.05) is 6.07 Å². The Labute approximate surface area is 108 Å². The minimum atomic E-state index is -1.36. The number of aliphatic hydroxyl groups excluding tert-OH is 3. The minimum absolute atomic E-state index is 0.384. The van der Waals surface area contributed by atoms with Gasteiger partial charge < -0.3 is 25.4 Å². The number of aliphatic hydroxyl groups is 3. The zero-order chi connectivity index (χ0) is 13.3. The van der Waals surface area contributed by atoms with Gasteiger partial charge >= 0.3 is 0 Å². The smallest absolute Gasteiger partial charge is 0.263 e. The average Bonchev–Trinajstić information content (AvgIpc) is 2.87. The predicted octanol–water partition coefficient (Wildman–Crippen LogP) is -0.695. The first kappa shape index (κ1) is 13.4. The first-order chi connectivity index (χ1) is 8.50. The molecule has 1 aliphatic rings. The molecule has 0 saturated carbocycles. The minimum Gasteiger partial charge on any atom is -0.388 e. The molecule has 0 bridgehead atoms. The second-order valence-corrected chi connectivity index (χ2v) is 5.13. The van der Waals surface area contributed by atoms with Crippen molar-refractivity contribution in [3.63, 3.8) is 0 Å². The van der Waals surface area contributed by atoms with Crippen molar-refractivity contribution >= 4 is 17.2 Å². The van der Waals surface area contributed by atoms with Crippen LogP contribution in [0.5, 0.6) is 0 Å². The van der Waals surface area contributed by atoms with Crippen molar-refractivity contribution < 1.29 is 24.9 Å². The molecular weight excluding hydrogens is 258 g/mol. The van der Waals surface area contributed by atoms with Gasteiger partial charge in [-0.2, -0.15) is 0 Å². The lowest BCUT2D eigenvalue weighted by Crippen LogP contribution is -2.61. The molecule has 7 heteroatoms. The summed E-state index contributed by atoms with van der Waals surface area (Å²) in [6.07, 6.45) is -5.58. The molecule has 1 aliphatic heterocycles. The maximum atomic E-state index is 11.8. The van der Waals surface area contributed by atoms with E-state index in [9.17, 15) is 20.1 Å². The number of carbonyl (C=O) groups is 1. The number of rotatable bonds is 2. The van der Waals surface area contributed by atoms with Gasteiger partial charge in [0.05, 0.1) is 11.0 Å². The van der Waals surface area contributed by atoms with Crippen molar-refractivity contribution in [1.29, 1.82) is 0 Å². The van der Waals surface area contributed by atoms with Crippen LogP contribution in [0.2, 0.25) is 0 Å². The standard InChI is InChI=1S/C11H15NO5S/c1-5-7(13)8(14)9(15)11(17-5)12-10(16)6-3-2-4-18-6/h2-5,7-9,11,13-15H,1H3,(H,12,16)/t5-,7+,8+,9-,11-/m0/s1. The van der Waals surface area contributed by atoms with Gasteiger partial charge in [0, 0.05) is 0 Å². The van der Waals surface area contributed by atoms with E-state index in [0.717, 1.165) is 0 Å². The summed E-state index contributed by atoms with van der Waals surface area (Å²) in [6, 6.07) is 3.38. The molecule has 0 aliphatic carbocycles. The number of hydrogen-bond donors (Lipinski definition) is 4. The Morgan fingerprint density at radius 3 is 2.67 bits per heavy atom. The Bertz CT molecular complexity index is 410. The van der Waals surface area contributed by atoms with Crippen molar-refractivity contribution in [2.24, 2.45) is 0 Å². The number of amides is 1. The molecule has 100 valence electrons. The number of carbonyl (C=O) groups excluding carboxylic acids is 1. The van der Waals surface area contributed by atoms with Crippen molar-refractivity contribution in [1.82, 2.24) is 5.32 Å². The summed E-state index contributed by atoms with van der Waals surface area (Å²) in [5, 5.41) is 33.1. The van der Waals surface area contributed by atoms with Gasteiger partial charge in [-0.25, -0.2) is 0 Å². The average molecular weight is 273 g/mol. The largest absolute Gasteiger partial charge is 0.388 e. The summed E-state index contributed by atoms with van der Waals surface area (Å²) >= 11 is 1.26. The third-order valence-corrected chi connectivity index (χ3v) is 3.74. The first-order valence-corrected chi connectivity index (χ1v) is 6.42. The molecule has 1 aromatic heterocycles. The van der Waals surface area contributed by atoms with E-state index >= 15 is 0 Å². The molecule has 5 atom stereocenters. The lowest BCUT2D eigenvalue weighted by Gasteiger charge is -2.39. The fourth-order valence-electron chi connectivity index (χ4n) is 1.78. The zero-order valence-electron chi connectivity index (χ0n) is 9.69. The van der Waals surface area contributed by atoms with E-state index in [4.69, 9.17) is 4.74 Å². The lowest BCUT2D eigenvalue weighted by molar-refractivity contribution is -0.221. The Morgan fingerprint density at radius 1 is 1.33 bits per heavy atom. The zero-order valence-corrected chi connectivity index (χ0v) is 10.5. The Balaban J connectivity index is 2.03. The van der Waals surface area contributed by atoms with Gasteiger partial charge in [0.2, 0.25) is 0 Å². The number of hydrogen-bond acceptors (Lipinski definition) is 6. The molecule has 6 nitrogen and oxygen atoms in total. The van der Waals surface area contributed by atoms with Crippen LogP contribution in [0.25, 0.3) is 0 Å². The van der Waals surface area contributed by atoms with E-state index in [-0.39, 0.29) is 5.91 Å². The maximum Gasteiger partial charge on any atom is 0.263 e. The molecule has 2 rings (SSSR count). The molecule has 1 saturated heterocycles. The van der Waals surface area contributed by atoms with Gasteiger partial charge in [0.1, 0.15) is 18.3 Å². The topological polar surface area (TPSA) is 99.0 Å². The van der Waals surface area contributed by atoms with Gasteiger partial charge in [0.25, 0.3) is 5.91 Å². The summed E-state index contributed by atoms with van der Waals surface area (Å²) in [7, 11) is 0. The molecular formula is C11H15NO5S. The highest BCUT2D eigenvalue weighted by Crippen LogP contribution is 2.20. The summed E-state index contributed by atoms with van der Waals surface area (Å²) < 4.78 is 5.26. The predicted molar refractivity (Wildman–Crippen MR) is 64.1 cm³/mol. The van der Waals surface area contributed by atoms with E-state index in [1.165, 1.54) is 11.3 Å². The molecule has 4 N–H and O–H groups in total. The molecule has 1 amide bonds. The third kappa shape index (κ3) is 2.55. The highest BCUT2D eigenvalue weighted by atomic mass is 32.1. The molecule has 1 aromatic rings. The second-order valence-electron chi connectivity index (χ2n) is 4.18. The number of ether oxygens (including phenoxy) is 1. The van der Waals surface area contributed by atoms with E-state index in [0.29, 0.717) is 4.88 Å². The van der Waals surface area contributed by atoms with Crippen LogP contribution in [0.1, 0.15) is 16.6 Å². The normalized spacial score (nSPS) is 36.3. The molecule has 0 unspecified atom stereocenters. The summed E-state index contributed by atoms with van der Waals surface area (Å²) in [4.78, 5) is 12.3. The van der Waals surface area contributed by atoms with E-state index < -0.39 is 30.6 Å². The molecule has 1 fully saturated rings. The van der Waals surface area contributed by atoms with Crippen LogP contribution in [-0.2, 0) is 4.74 Å². The van der Waals surface area contributed by atoms with Gasteiger partial charge in [-0.3, -0.25) is 4.79 Å². The molecule has 2 heterocycles. The Morgan fingerprint density at radius 2 is 2.06 bits per heavy atom. The molecule has 18 heavy (non-hydrogen) atoms. The Kier molecular flexibility index (Phi) is 3.98. The maximum absolute atomic E-state index is 11.8. The SMILES string of the molecule is C[C@@H]1O[C@H](NC(=O)c2cccs2)[C@@H](O)[C@H](O)[C@@H]1O. The van der Waals surface area contributed by atoms with Crippen LogP contribution in [-0.4, -0.2) is 51.9 Å². The van der Waals surface area contributed by atoms with Gasteiger partial charge in [-0.05, 0) is 18.4 Å². The van der Waals surface area contributed by atoms with Gasteiger partial charge in [-0.15, -0.1) is 11.3 Å². The van der Waals surface area contributed by atoms with E-state index in [1.807, 2.05) is 0 Å². The van der Waals surface area contributed by atoms with Crippen LogP contribution in [0.3, 0.4) is 0 Å². The number of nitrogens with one attached hydrogen (secondary N) is 1. The molecule has 0 spiro atoms. The fourth-order valence-corrected chi connectivity index (χ4v) is 2.41. The van der Waals surface area contributed by atoms with Crippen molar-refractivity contribution in [2.45, 2.75) is 37.6 Å². The Hall–Kier alpha value is -0.990. The van der Waals surface area contributed by atoms with Gasteiger partial charge in [0.15, 0.2) is 6.23 Å². The quantitative estimate of drug-likeness (QED) is 0.571. The van der Waals surface area contributed by atoms with Crippen molar-refractivity contribution in [3.8, 4) is 0 Å². The van der Waals surface area contributed by atoms with Crippen molar-refractivity contribution in [2.75, 3.05) is 0 Å². The molecule has 0 radical (unpaired) electrons. The van der Waals surface area contributed by atoms with Crippen molar-refractivity contribution in [3.05, 3.63) is 22.4 Å². The monoisotopic (exact) mass is 273 g/mol. The van der Waals surface area contributed by atoms with Crippen LogP contribution >= 0.6 is 11.3 Å². The first-order valence-electron chi connectivity index (χ1n) is 5.54. The van der Waals surface area contributed by atoms with Crippen LogP contribution in [0.4, 0.5) is 0 Å². The number of thiophene rings is 1. The van der Waals surface area contributed by atoms with Crippen LogP contribution in [0, 0.1) is 0 Å². The summed E-state index contributed by atoms with van der Waals surface area (Å²) in [5.41, 5.74) is 0. The fraction of sp³-hybridized carbons (Fsp3) is 0.545. The third-order valence-electron chi connectivity index (χ3n) is 2.87. The summed E-state index contributed by atoms with van der Waals surface area (Å²) in [6.45, 7) is 1.56. The lowest BCUT2D eigenvalue weighted by atomic mass is 9.99. The van der Waals surface area contributed by atoms with E-state index in [2.05, 4.69) is 5.32 Å². The van der Waals surface area contributed by atoms with Crippen LogP contribution < -0.4 is 5.32 Å². The highest BCUT2D eigenvalue weighted by molar-refractivity contribution is 7.12. The molecule has 0 aromatic carbocycles. The second kappa shape index (κ2) is 5.33.